The molecule has 2 aromatic rings. The number of benzene rings is 2. The Hall–Kier alpha value is -1.80. The maximum absolute atomic E-state index is 5.81. The van der Waals surface area contributed by atoms with Crippen LogP contribution in [0, 0.1) is 6.42 Å². The van der Waals surface area contributed by atoms with Gasteiger partial charge in [-0.25, -0.2) is 0 Å². The van der Waals surface area contributed by atoms with Crippen molar-refractivity contribution >= 4 is 0 Å². The van der Waals surface area contributed by atoms with Crippen molar-refractivity contribution in [2.45, 2.75) is 39.2 Å². The van der Waals surface area contributed by atoms with Crippen molar-refractivity contribution in [2.75, 3.05) is 13.2 Å². The minimum absolute atomic E-state index is 0.707. The summed E-state index contributed by atoms with van der Waals surface area (Å²) in [6.45, 7) is 4.38. The molecular formula is C21H27O2. The Labute approximate surface area is 140 Å². The van der Waals surface area contributed by atoms with Crippen LogP contribution in [0.4, 0.5) is 0 Å². The highest BCUT2D eigenvalue weighted by molar-refractivity contribution is 5.29. The molecule has 0 spiro atoms. The molecule has 0 heterocycles. The third kappa shape index (κ3) is 7.34. The summed E-state index contributed by atoms with van der Waals surface area (Å²) >= 11 is 0. The zero-order chi connectivity index (χ0) is 16.2. The van der Waals surface area contributed by atoms with Gasteiger partial charge >= 0.3 is 0 Å². The summed E-state index contributed by atoms with van der Waals surface area (Å²) in [5.74, 6) is 0.977. The molecule has 0 aliphatic carbocycles. The van der Waals surface area contributed by atoms with Crippen LogP contribution >= 0.6 is 0 Å². The maximum atomic E-state index is 5.81. The highest BCUT2D eigenvalue weighted by Gasteiger charge is 1.97. The average Bonchev–Trinajstić information content (AvgIpc) is 2.59. The van der Waals surface area contributed by atoms with Crippen LogP contribution in [-0.4, -0.2) is 13.2 Å². The van der Waals surface area contributed by atoms with Crippen LogP contribution < -0.4 is 4.74 Å². The third-order valence-corrected chi connectivity index (χ3v) is 3.65. The first-order valence-electron chi connectivity index (χ1n) is 8.49. The predicted octanol–water partition coefficient (Wildman–Crippen LogP) is 5.22. The number of ether oxygens (including phenoxy) is 2. The van der Waals surface area contributed by atoms with E-state index in [0.717, 1.165) is 44.6 Å². The lowest BCUT2D eigenvalue weighted by Crippen LogP contribution is -2.00. The van der Waals surface area contributed by atoms with Crippen LogP contribution in [0.25, 0.3) is 0 Å². The molecule has 0 bridgehead atoms. The van der Waals surface area contributed by atoms with Crippen LogP contribution in [0.2, 0.25) is 0 Å². The van der Waals surface area contributed by atoms with E-state index >= 15 is 0 Å². The Morgan fingerprint density at radius 3 is 2.43 bits per heavy atom. The molecular weight excluding hydrogens is 284 g/mol. The molecule has 0 aromatic heterocycles. The van der Waals surface area contributed by atoms with Gasteiger partial charge in [0.25, 0.3) is 0 Å². The van der Waals surface area contributed by atoms with Gasteiger partial charge in [0, 0.05) is 6.61 Å². The molecule has 2 nitrogen and oxygen atoms in total. The first-order chi connectivity index (χ1) is 11.4. The van der Waals surface area contributed by atoms with Crippen molar-refractivity contribution in [1.29, 1.82) is 0 Å². The van der Waals surface area contributed by atoms with Gasteiger partial charge in [-0.2, -0.15) is 0 Å². The van der Waals surface area contributed by atoms with Gasteiger partial charge < -0.3 is 9.47 Å². The summed E-state index contributed by atoms with van der Waals surface area (Å²) in [5, 5.41) is 0. The predicted molar refractivity (Wildman–Crippen MR) is 95.6 cm³/mol. The first kappa shape index (κ1) is 17.6. The van der Waals surface area contributed by atoms with Crippen molar-refractivity contribution in [3.63, 3.8) is 0 Å². The van der Waals surface area contributed by atoms with Gasteiger partial charge in [0.1, 0.15) is 5.75 Å². The molecule has 0 saturated heterocycles. The number of hydrogen-bond donors (Lipinski definition) is 0. The number of unbranched alkanes of at least 4 members (excludes halogenated alkanes) is 2. The Kier molecular flexibility index (Phi) is 8.28. The van der Waals surface area contributed by atoms with Crippen molar-refractivity contribution in [2.24, 2.45) is 0 Å². The lowest BCUT2D eigenvalue weighted by Gasteiger charge is -2.08. The quantitative estimate of drug-likeness (QED) is 0.530. The van der Waals surface area contributed by atoms with E-state index < -0.39 is 0 Å². The lowest BCUT2D eigenvalue weighted by atomic mass is 10.1. The average molecular weight is 311 g/mol. The van der Waals surface area contributed by atoms with Crippen LogP contribution in [0.15, 0.2) is 54.6 Å². The van der Waals surface area contributed by atoms with E-state index in [1.165, 1.54) is 11.1 Å². The van der Waals surface area contributed by atoms with Crippen LogP contribution in [-0.2, 0) is 17.8 Å². The summed E-state index contributed by atoms with van der Waals surface area (Å²) in [5.41, 5.74) is 2.54. The summed E-state index contributed by atoms with van der Waals surface area (Å²) in [7, 11) is 0. The smallest absolute Gasteiger partial charge is 0.119 e. The highest BCUT2D eigenvalue weighted by Crippen LogP contribution is 2.15. The number of hydrogen-bond acceptors (Lipinski definition) is 2. The molecule has 0 aliphatic rings. The Morgan fingerprint density at radius 2 is 1.61 bits per heavy atom. The molecule has 2 heteroatoms. The largest absolute Gasteiger partial charge is 0.494 e. The minimum Gasteiger partial charge on any atom is -0.494 e. The topological polar surface area (TPSA) is 18.5 Å². The van der Waals surface area contributed by atoms with Crippen molar-refractivity contribution < 1.29 is 9.47 Å². The first-order valence-corrected chi connectivity index (χ1v) is 8.49. The second-order valence-corrected chi connectivity index (χ2v) is 5.71. The Morgan fingerprint density at radius 1 is 0.826 bits per heavy atom. The van der Waals surface area contributed by atoms with Crippen molar-refractivity contribution in [3.8, 4) is 5.75 Å². The van der Waals surface area contributed by atoms with Crippen molar-refractivity contribution in [1.82, 2.24) is 0 Å². The van der Waals surface area contributed by atoms with E-state index in [1.807, 2.05) is 24.3 Å². The van der Waals surface area contributed by atoms with E-state index in [0.29, 0.717) is 6.61 Å². The molecule has 0 aliphatic heterocycles. The van der Waals surface area contributed by atoms with Gasteiger partial charge in [0.05, 0.1) is 13.2 Å². The van der Waals surface area contributed by atoms with E-state index in [-0.39, 0.29) is 0 Å². The summed E-state index contributed by atoms with van der Waals surface area (Å²) in [6, 6.07) is 18.7. The molecule has 1 radical (unpaired) electrons. The molecule has 0 saturated carbocycles. The summed E-state index contributed by atoms with van der Waals surface area (Å²) < 4.78 is 11.5. The standard InChI is InChI=1S/C21H27O2/c1-2-10-19-13-9-14-21(17-19)23-16-8-4-7-15-22-18-20-11-5-3-6-12-20/h2-3,5-6,9,11-14,17H,4,7-8,10,15-16,18H2,1H3. The van der Waals surface area contributed by atoms with Crippen LogP contribution in [0.1, 0.15) is 37.3 Å². The highest BCUT2D eigenvalue weighted by atomic mass is 16.5. The second-order valence-electron chi connectivity index (χ2n) is 5.71. The normalized spacial score (nSPS) is 10.7. The zero-order valence-corrected chi connectivity index (χ0v) is 14.0. The van der Waals surface area contributed by atoms with E-state index in [1.54, 1.807) is 0 Å². The third-order valence-electron chi connectivity index (χ3n) is 3.65. The van der Waals surface area contributed by atoms with Crippen LogP contribution in [0.3, 0.4) is 0 Å². The second kappa shape index (κ2) is 10.8. The fourth-order valence-corrected chi connectivity index (χ4v) is 2.44. The van der Waals surface area contributed by atoms with Crippen LogP contribution in [0.5, 0.6) is 5.75 Å². The Bertz CT molecular complexity index is 537. The van der Waals surface area contributed by atoms with Crippen molar-refractivity contribution in [3.05, 3.63) is 72.1 Å². The molecule has 23 heavy (non-hydrogen) atoms. The summed E-state index contributed by atoms with van der Waals surface area (Å²) in [6.07, 6.45) is 6.45. The van der Waals surface area contributed by atoms with Gasteiger partial charge in [0.15, 0.2) is 0 Å². The van der Waals surface area contributed by atoms with Gasteiger partial charge in [-0.3, -0.25) is 0 Å². The fraction of sp³-hybridized carbons (Fsp3) is 0.381. The van der Waals surface area contributed by atoms with Gasteiger partial charge in [-0.15, -0.1) is 0 Å². The van der Waals surface area contributed by atoms with E-state index in [4.69, 9.17) is 9.47 Å². The zero-order valence-electron chi connectivity index (χ0n) is 14.0. The van der Waals surface area contributed by atoms with Gasteiger partial charge in [0.2, 0.25) is 0 Å². The van der Waals surface area contributed by atoms with E-state index in [2.05, 4.69) is 43.7 Å². The molecule has 2 rings (SSSR count). The maximum Gasteiger partial charge on any atom is 0.119 e. The van der Waals surface area contributed by atoms with E-state index in [9.17, 15) is 0 Å². The molecule has 123 valence electrons. The molecule has 0 unspecified atom stereocenters. The van der Waals surface area contributed by atoms with Gasteiger partial charge in [-0.1, -0.05) is 49.4 Å². The molecule has 0 atom stereocenters. The minimum atomic E-state index is 0.707. The molecule has 2 aromatic carbocycles. The molecule has 0 amide bonds. The monoisotopic (exact) mass is 311 g/mol. The summed E-state index contributed by atoms with van der Waals surface area (Å²) in [4.78, 5) is 0. The molecule has 0 fully saturated rings. The lowest BCUT2D eigenvalue weighted by molar-refractivity contribution is 0.116. The number of rotatable bonds is 11. The van der Waals surface area contributed by atoms with Gasteiger partial charge in [-0.05, 0) is 55.4 Å². The SMILES string of the molecule is C[CH]Cc1cccc(OCCCCCOCc2ccccc2)c1. The fourth-order valence-electron chi connectivity index (χ4n) is 2.44. The Balaban J connectivity index is 1.50. The molecule has 0 N–H and O–H groups in total.